The number of halogens is 1. The SMILES string of the molecule is CN=C(NCCOc1cccc(NC(C)=O)c1)NC1CC(C)N(Cc2ccccc2)C1.I. The number of hydrogen-bond donors (Lipinski definition) is 3. The third-order valence-electron chi connectivity index (χ3n) is 5.31. The highest BCUT2D eigenvalue weighted by atomic mass is 127. The van der Waals surface area contributed by atoms with Gasteiger partial charge in [-0.2, -0.15) is 0 Å². The van der Waals surface area contributed by atoms with E-state index in [2.05, 4.69) is 63.1 Å². The number of rotatable bonds is 8. The molecule has 8 heteroatoms. The highest BCUT2D eigenvalue weighted by molar-refractivity contribution is 14.0. The van der Waals surface area contributed by atoms with Crippen molar-refractivity contribution in [3.8, 4) is 5.75 Å². The molecule has 1 amide bonds. The van der Waals surface area contributed by atoms with Gasteiger partial charge in [0.05, 0.1) is 6.54 Å². The summed E-state index contributed by atoms with van der Waals surface area (Å²) in [5.41, 5.74) is 2.07. The Kier molecular flexibility index (Phi) is 10.8. The van der Waals surface area contributed by atoms with E-state index in [4.69, 9.17) is 4.74 Å². The fourth-order valence-electron chi connectivity index (χ4n) is 3.83. The molecule has 1 aliphatic heterocycles. The molecule has 7 nitrogen and oxygen atoms in total. The second-order valence-electron chi connectivity index (χ2n) is 7.90. The molecule has 0 saturated carbocycles. The average Bonchev–Trinajstić information content (AvgIpc) is 3.09. The molecule has 3 N–H and O–H groups in total. The van der Waals surface area contributed by atoms with Gasteiger partial charge in [-0.15, -0.1) is 24.0 Å². The second kappa shape index (κ2) is 13.3. The zero-order chi connectivity index (χ0) is 22.1. The van der Waals surface area contributed by atoms with Crippen LogP contribution in [-0.4, -0.2) is 55.6 Å². The van der Waals surface area contributed by atoms with Gasteiger partial charge < -0.3 is 20.7 Å². The number of likely N-dealkylation sites (tertiary alicyclic amines) is 1. The molecule has 2 aromatic carbocycles. The number of benzene rings is 2. The first-order valence-corrected chi connectivity index (χ1v) is 10.8. The lowest BCUT2D eigenvalue weighted by atomic mass is 10.2. The lowest BCUT2D eigenvalue weighted by molar-refractivity contribution is -0.114. The number of ether oxygens (including phenoxy) is 1. The van der Waals surface area contributed by atoms with Crippen LogP contribution in [-0.2, 0) is 11.3 Å². The van der Waals surface area contributed by atoms with Crippen LogP contribution in [0.15, 0.2) is 59.6 Å². The van der Waals surface area contributed by atoms with Gasteiger partial charge in [0.15, 0.2) is 5.96 Å². The molecule has 1 heterocycles. The summed E-state index contributed by atoms with van der Waals surface area (Å²) in [6.45, 7) is 6.85. The molecule has 2 atom stereocenters. The maximum absolute atomic E-state index is 11.2. The average molecular weight is 551 g/mol. The van der Waals surface area contributed by atoms with Crippen LogP contribution in [0.2, 0.25) is 0 Å². The second-order valence-corrected chi connectivity index (χ2v) is 7.90. The summed E-state index contributed by atoms with van der Waals surface area (Å²) in [4.78, 5) is 18.0. The molecule has 1 saturated heterocycles. The Labute approximate surface area is 208 Å². The van der Waals surface area contributed by atoms with Crippen molar-refractivity contribution in [3.63, 3.8) is 0 Å². The number of anilines is 1. The van der Waals surface area contributed by atoms with Gasteiger partial charge in [-0.25, -0.2) is 0 Å². The smallest absolute Gasteiger partial charge is 0.221 e. The standard InChI is InChI=1S/C24H33N5O2.HI/c1-18-14-22(17-29(18)16-20-8-5-4-6-9-20)28-24(25-3)26-12-13-31-23-11-7-10-21(15-23)27-19(2)30;/h4-11,15,18,22H,12-14,16-17H2,1-3H3,(H,27,30)(H2,25,26,28);1H. The quantitative estimate of drug-likeness (QED) is 0.203. The minimum atomic E-state index is -0.0998. The number of aliphatic imine (C=N–C) groups is 1. The molecule has 0 radical (unpaired) electrons. The van der Waals surface area contributed by atoms with E-state index in [1.165, 1.54) is 12.5 Å². The van der Waals surface area contributed by atoms with Crippen molar-refractivity contribution >= 4 is 41.5 Å². The van der Waals surface area contributed by atoms with Gasteiger partial charge in [-0.05, 0) is 31.0 Å². The van der Waals surface area contributed by atoms with Gasteiger partial charge in [-0.3, -0.25) is 14.7 Å². The van der Waals surface area contributed by atoms with Crippen molar-refractivity contribution in [1.82, 2.24) is 15.5 Å². The summed E-state index contributed by atoms with van der Waals surface area (Å²) >= 11 is 0. The highest BCUT2D eigenvalue weighted by Crippen LogP contribution is 2.20. The minimum absolute atomic E-state index is 0. The maximum atomic E-state index is 11.2. The molecule has 0 aliphatic carbocycles. The van der Waals surface area contributed by atoms with E-state index in [9.17, 15) is 4.79 Å². The molecule has 1 fully saturated rings. The summed E-state index contributed by atoms with van der Waals surface area (Å²) in [6.07, 6.45) is 1.08. The Morgan fingerprint density at radius 2 is 1.97 bits per heavy atom. The largest absolute Gasteiger partial charge is 0.492 e. The fraction of sp³-hybridized carbons (Fsp3) is 0.417. The lowest BCUT2D eigenvalue weighted by Crippen LogP contribution is -2.45. The summed E-state index contributed by atoms with van der Waals surface area (Å²) in [5.74, 6) is 1.41. The molecule has 174 valence electrons. The van der Waals surface area contributed by atoms with Crippen LogP contribution < -0.4 is 20.7 Å². The van der Waals surface area contributed by atoms with E-state index in [0.717, 1.165) is 36.9 Å². The number of guanidine groups is 1. The van der Waals surface area contributed by atoms with Crippen LogP contribution in [0.1, 0.15) is 25.8 Å². The zero-order valence-corrected chi connectivity index (χ0v) is 21.3. The number of carbonyl (C=O) groups excluding carboxylic acids is 1. The van der Waals surface area contributed by atoms with Gasteiger partial charge in [-0.1, -0.05) is 36.4 Å². The number of carbonyl (C=O) groups is 1. The van der Waals surface area contributed by atoms with Crippen molar-refractivity contribution in [2.24, 2.45) is 4.99 Å². The van der Waals surface area contributed by atoms with Crippen LogP contribution >= 0.6 is 24.0 Å². The Hall–Kier alpha value is -2.33. The minimum Gasteiger partial charge on any atom is -0.492 e. The molecule has 2 aromatic rings. The fourth-order valence-corrected chi connectivity index (χ4v) is 3.83. The molecule has 32 heavy (non-hydrogen) atoms. The molecule has 0 spiro atoms. The van der Waals surface area contributed by atoms with Crippen LogP contribution in [0.4, 0.5) is 5.69 Å². The molecule has 0 bridgehead atoms. The van der Waals surface area contributed by atoms with Gasteiger partial charge in [0.2, 0.25) is 5.91 Å². The topological polar surface area (TPSA) is 78.0 Å². The van der Waals surface area contributed by atoms with E-state index in [0.29, 0.717) is 25.2 Å². The van der Waals surface area contributed by atoms with Crippen molar-refractivity contribution in [2.45, 2.75) is 38.9 Å². The van der Waals surface area contributed by atoms with Gasteiger partial charge in [0, 0.05) is 50.9 Å². The Morgan fingerprint density at radius 1 is 1.19 bits per heavy atom. The first-order chi connectivity index (χ1) is 15.0. The third-order valence-corrected chi connectivity index (χ3v) is 5.31. The van der Waals surface area contributed by atoms with E-state index in [1.54, 1.807) is 7.05 Å². The predicted octanol–water partition coefficient (Wildman–Crippen LogP) is 3.47. The number of amides is 1. The lowest BCUT2D eigenvalue weighted by Gasteiger charge is -2.21. The Balaban J connectivity index is 0.00000363. The molecular formula is C24H34IN5O2. The molecule has 2 unspecified atom stereocenters. The summed E-state index contributed by atoms with van der Waals surface area (Å²) in [7, 11) is 1.78. The number of nitrogens with one attached hydrogen (secondary N) is 3. The normalized spacial score (nSPS) is 18.5. The summed E-state index contributed by atoms with van der Waals surface area (Å²) in [5, 5.41) is 9.61. The molecule has 3 rings (SSSR count). The van der Waals surface area contributed by atoms with Crippen molar-refractivity contribution in [3.05, 3.63) is 60.2 Å². The number of hydrogen-bond acceptors (Lipinski definition) is 4. The summed E-state index contributed by atoms with van der Waals surface area (Å²) < 4.78 is 5.79. The van der Waals surface area contributed by atoms with Crippen molar-refractivity contribution in [2.75, 3.05) is 32.1 Å². The van der Waals surface area contributed by atoms with Gasteiger partial charge in [0.1, 0.15) is 12.4 Å². The first-order valence-electron chi connectivity index (χ1n) is 10.8. The van der Waals surface area contributed by atoms with Gasteiger partial charge >= 0.3 is 0 Å². The zero-order valence-electron chi connectivity index (χ0n) is 19.0. The van der Waals surface area contributed by atoms with Crippen LogP contribution in [0, 0.1) is 0 Å². The van der Waals surface area contributed by atoms with E-state index < -0.39 is 0 Å². The molecular weight excluding hydrogens is 517 g/mol. The predicted molar refractivity (Wildman–Crippen MR) is 141 cm³/mol. The molecule has 0 aromatic heterocycles. The maximum Gasteiger partial charge on any atom is 0.221 e. The van der Waals surface area contributed by atoms with Crippen molar-refractivity contribution < 1.29 is 9.53 Å². The monoisotopic (exact) mass is 551 g/mol. The third kappa shape index (κ3) is 8.31. The van der Waals surface area contributed by atoms with Gasteiger partial charge in [0.25, 0.3) is 0 Å². The van der Waals surface area contributed by atoms with E-state index in [1.807, 2.05) is 24.3 Å². The van der Waals surface area contributed by atoms with Crippen LogP contribution in [0.25, 0.3) is 0 Å². The van der Waals surface area contributed by atoms with Crippen LogP contribution in [0.3, 0.4) is 0 Å². The first kappa shape index (κ1) is 25.9. The highest BCUT2D eigenvalue weighted by Gasteiger charge is 2.29. The Bertz CT molecular complexity index is 878. The van der Waals surface area contributed by atoms with Crippen molar-refractivity contribution in [1.29, 1.82) is 0 Å². The Morgan fingerprint density at radius 3 is 2.69 bits per heavy atom. The van der Waals surface area contributed by atoms with E-state index in [-0.39, 0.29) is 29.9 Å². The summed E-state index contributed by atoms with van der Waals surface area (Å²) in [6, 6.07) is 18.9. The van der Waals surface area contributed by atoms with Crippen LogP contribution in [0.5, 0.6) is 5.75 Å². The van der Waals surface area contributed by atoms with E-state index >= 15 is 0 Å². The number of nitrogens with zero attached hydrogens (tertiary/aromatic N) is 2. The molecule has 1 aliphatic rings.